The number of likely N-dealkylation sites (tertiary alicyclic amines) is 1. The summed E-state index contributed by atoms with van der Waals surface area (Å²) in [6.07, 6.45) is 3.49. The average Bonchev–Trinajstić information content (AvgIpc) is 3.53. The Balaban J connectivity index is 1.07. The second-order valence-electron chi connectivity index (χ2n) is 11.1. The lowest BCUT2D eigenvalue weighted by molar-refractivity contribution is -0.0593. The second kappa shape index (κ2) is 11.3. The molecule has 1 N–H and O–H groups in total. The van der Waals surface area contributed by atoms with Crippen LogP contribution >= 0.6 is 22.9 Å². The molecule has 2 aliphatic rings. The zero-order valence-electron chi connectivity index (χ0n) is 22.8. The van der Waals surface area contributed by atoms with E-state index >= 15 is 0 Å². The van der Waals surface area contributed by atoms with Crippen LogP contribution in [0.5, 0.6) is 0 Å². The number of piperidine rings is 1. The van der Waals surface area contributed by atoms with Gasteiger partial charge in [-0.05, 0) is 91.2 Å². The molecule has 7 rings (SSSR count). The highest BCUT2D eigenvalue weighted by Gasteiger charge is 2.27. The highest BCUT2D eigenvalue weighted by atomic mass is 35.5. The molecule has 0 bridgehead atoms. The minimum absolute atomic E-state index is 0.0172. The Kier molecular flexibility index (Phi) is 7.39. The predicted molar refractivity (Wildman–Crippen MR) is 160 cm³/mol. The number of benzene rings is 1. The van der Waals surface area contributed by atoms with E-state index in [0.717, 1.165) is 60.7 Å². The molecular weight excluding hydrogens is 577 g/mol. The molecule has 0 unspecified atom stereocenters. The average molecular weight is 606 g/mol. The molecule has 0 amide bonds. The fourth-order valence-corrected chi connectivity index (χ4v) is 7.07. The van der Waals surface area contributed by atoms with E-state index in [9.17, 15) is 14.3 Å². The van der Waals surface area contributed by atoms with Gasteiger partial charge in [0.25, 0.3) is 0 Å². The number of pyridine rings is 2. The Hall–Kier alpha value is -3.44. The molecule has 0 saturated carbocycles. The van der Waals surface area contributed by atoms with Gasteiger partial charge in [-0.15, -0.1) is 11.3 Å². The van der Waals surface area contributed by atoms with Gasteiger partial charge in [-0.1, -0.05) is 17.7 Å². The van der Waals surface area contributed by atoms with Crippen molar-refractivity contribution in [2.24, 2.45) is 0 Å². The maximum absolute atomic E-state index is 14.4. The molecule has 6 heterocycles. The Labute approximate surface area is 250 Å². The van der Waals surface area contributed by atoms with Gasteiger partial charge in [0.15, 0.2) is 11.3 Å². The summed E-state index contributed by atoms with van der Waals surface area (Å²) < 4.78 is 23.3. The number of aromatic nitrogens is 4. The van der Waals surface area contributed by atoms with Crippen molar-refractivity contribution in [3.8, 4) is 0 Å². The summed E-state index contributed by atoms with van der Waals surface area (Å²) >= 11 is 7.64. The molecule has 4 aromatic heterocycles. The number of ether oxygens (including phenoxy) is 1. The lowest BCUT2D eigenvalue weighted by Crippen LogP contribution is -2.35. The molecule has 2 saturated heterocycles. The number of thiophene rings is 1. The van der Waals surface area contributed by atoms with Crippen LogP contribution in [0.4, 0.5) is 4.39 Å². The number of aromatic carboxylic acids is 1. The normalized spacial score (nSPS) is 18.1. The third-order valence-corrected chi connectivity index (χ3v) is 9.54. The van der Waals surface area contributed by atoms with Gasteiger partial charge in [0.05, 0.1) is 29.4 Å². The molecular formula is C31H29ClFN5O3S. The number of imidazole rings is 1. The summed E-state index contributed by atoms with van der Waals surface area (Å²) in [5.41, 5.74) is 5.04. The molecule has 0 spiro atoms. The largest absolute Gasteiger partial charge is 0.477 e. The Morgan fingerprint density at radius 2 is 1.93 bits per heavy atom. The molecule has 0 aliphatic carbocycles. The van der Waals surface area contributed by atoms with Gasteiger partial charge >= 0.3 is 5.97 Å². The summed E-state index contributed by atoms with van der Waals surface area (Å²) in [5, 5.41) is 12.1. The Morgan fingerprint density at radius 1 is 1.10 bits per heavy atom. The van der Waals surface area contributed by atoms with Crippen LogP contribution in [0.3, 0.4) is 0 Å². The molecule has 1 aromatic carbocycles. The van der Waals surface area contributed by atoms with Crippen molar-refractivity contribution >= 4 is 50.3 Å². The third-order valence-electron chi connectivity index (χ3n) is 8.35. The van der Waals surface area contributed by atoms with Crippen LogP contribution in [0.2, 0.25) is 5.02 Å². The van der Waals surface area contributed by atoms with Gasteiger partial charge in [-0.25, -0.2) is 19.2 Å². The van der Waals surface area contributed by atoms with Gasteiger partial charge < -0.3 is 14.4 Å². The first-order valence-corrected chi connectivity index (χ1v) is 15.4. The van der Waals surface area contributed by atoms with E-state index in [4.69, 9.17) is 26.3 Å². The SMILES string of the molecule is O=C(O)c1ccc2nc(CN3CCC(c4csc5ccc(Cc6ccc(Cl)cc6F)nc45)CC3)n(C[C@@H]3CCO3)c2n1. The standard InChI is InChI=1S/C31H29ClFN5O3S/c32-20-2-1-19(24(33)14-20)13-21-3-6-27-29(34-21)23(17-42-27)18-7-10-37(11-8-18)16-28-35-25-4-5-26(31(39)40)36-30(25)38(28)15-22-9-12-41-22/h1-6,14,17-18,22H,7-13,15-16H2,(H,39,40)/t22-/m0/s1. The minimum atomic E-state index is -1.05. The van der Waals surface area contributed by atoms with E-state index in [0.29, 0.717) is 47.2 Å². The van der Waals surface area contributed by atoms with Crippen LogP contribution in [-0.4, -0.2) is 61.3 Å². The molecule has 8 nitrogen and oxygen atoms in total. The zero-order valence-corrected chi connectivity index (χ0v) is 24.4. The third kappa shape index (κ3) is 5.40. The maximum Gasteiger partial charge on any atom is 0.354 e. The summed E-state index contributed by atoms with van der Waals surface area (Å²) in [6, 6.07) is 12.1. The molecule has 1 atom stereocenters. The quantitative estimate of drug-likeness (QED) is 0.222. The summed E-state index contributed by atoms with van der Waals surface area (Å²) in [4.78, 5) is 28.2. The van der Waals surface area contributed by atoms with Crippen molar-refractivity contribution in [3.05, 3.63) is 87.0 Å². The van der Waals surface area contributed by atoms with E-state index in [1.165, 1.54) is 17.7 Å². The second-order valence-corrected chi connectivity index (χ2v) is 12.4. The van der Waals surface area contributed by atoms with Gasteiger partial charge in [0.1, 0.15) is 17.2 Å². The summed E-state index contributed by atoms with van der Waals surface area (Å²) in [7, 11) is 0. The van der Waals surface area contributed by atoms with Crippen LogP contribution in [0.25, 0.3) is 21.4 Å². The van der Waals surface area contributed by atoms with Crippen molar-refractivity contribution in [3.63, 3.8) is 0 Å². The first-order valence-electron chi connectivity index (χ1n) is 14.2. The smallest absolute Gasteiger partial charge is 0.354 e. The Morgan fingerprint density at radius 3 is 2.67 bits per heavy atom. The molecule has 5 aromatic rings. The molecule has 11 heteroatoms. The number of carboxylic acids is 1. The molecule has 2 aliphatic heterocycles. The van der Waals surface area contributed by atoms with Crippen LogP contribution < -0.4 is 0 Å². The van der Waals surface area contributed by atoms with Gasteiger partial charge in [0, 0.05) is 23.7 Å². The van der Waals surface area contributed by atoms with Crippen LogP contribution in [0.15, 0.2) is 47.8 Å². The Bertz CT molecular complexity index is 1790. The summed E-state index contributed by atoms with van der Waals surface area (Å²) in [6.45, 7) is 3.85. The van der Waals surface area contributed by atoms with Gasteiger partial charge in [-0.2, -0.15) is 0 Å². The number of carbonyl (C=O) groups is 1. The van der Waals surface area contributed by atoms with E-state index in [-0.39, 0.29) is 17.6 Å². The van der Waals surface area contributed by atoms with Crippen molar-refractivity contribution in [2.75, 3.05) is 19.7 Å². The highest BCUT2D eigenvalue weighted by Crippen LogP contribution is 2.36. The lowest BCUT2D eigenvalue weighted by Gasteiger charge is -2.32. The first kappa shape index (κ1) is 27.4. The summed E-state index contributed by atoms with van der Waals surface area (Å²) in [5.74, 6) is -0.0789. The molecule has 216 valence electrons. The van der Waals surface area contributed by atoms with E-state index in [1.807, 2.05) is 10.6 Å². The fourth-order valence-electron chi connectivity index (χ4n) is 5.93. The van der Waals surface area contributed by atoms with Crippen molar-refractivity contribution in [2.45, 2.75) is 50.8 Å². The number of carboxylic acid groups (broad SMARTS) is 1. The van der Waals surface area contributed by atoms with E-state index in [2.05, 4.69) is 21.3 Å². The van der Waals surface area contributed by atoms with Crippen LogP contribution in [0, 0.1) is 5.82 Å². The van der Waals surface area contributed by atoms with Gasteiger partial charge in [0.2, 0.25) is 0 Å². The number of rotatable bonds is 8. The molecule has 2 fully saturated rings. The number of nitrogens with zero attached hydrogens (tertiary/aromatic N) is 5. The fraction of sp³-hybridized carbons (Fsp3) is 0.355. The maximum atomic E-state index is 14.4. The number of halogens is 2. The number of fused-ring (bicyclic) bond motifs is 2. The van der Waals surface area contributed by atoms with Gasteiger partial charge in [-0.3, -0.25) is 9.88 Å². The topological polar surface area (TPSA) is 93.4 Å². The lowest BCUT2D eigenvalue weighted by atomic mass is 9.90. The first-order chi connectivity index (χ1) is 20.4. The predicted octanol–water partition coefficient (Wildman–Crippen LogP) is 6.29. The highest BCUT2D eigenvalue weighted by molar-refractivity contribution is 7.17. The number of hydrogen-bond acceptors (Lipinski definition) is 7. The minimum Gasteiger partial charge on any atom is -0.477 e. The van der Waals surface area contributed by atoms with Crippen molar-refractivity contribution < 1.29 is 19.0 Å². The van der Waals surface area contributed by atoms with Crippen molar-refractivity contribution in [1.29, 1.82) is 0 Å². The van der Waals surface area contributed by atoms with E-state index < -0.39 is 5.97 Å². The number of hydrogen-bond donors (Lipinski definition) is 1. The van der Waals surface area contributed by atoms with Crippen LogP contribution in [0.1, 0.15) is 58.3 Å². The monoisotopic (exact) mass is 605 g/mol. The molecule has 0 radical (unpaired) electrons. The molecule has 42 heavy (non-hydrogen) atoms. The van der Waals surface area contributed by atoms with Crippen molar-refractivity contribution in [1.82, 2.24) is 24.4 Å². The van der Waals surface area contributed by atoms with E-state index in [1.54, 1.807) is 29.5 Å². The van der Waals surface area contributed by atoms with Crippen LogP contribution in [-0.2, 0) is 24.2 Å². The zero-order chi connectivity index (χ0) is 28.8.